The Morgan fingerprint density at radius 3 is 2.87 bits per heavy atom. The minimum absolute atomic E-state index is 0.278. The minimum atomic E-state index is -0.278. The number of carbonyl (C=O) groups excluding carboxylic acids is 1. The molecule has 0 atom stereocenters. The van der Waals surface area contributed by atoms with E-state index in [4.69, 9.17) is 10.00 Å². The second-order valence-corrected chi connectivity index (χ2v) is 3.19. The van der Waals surface area contributed by atoms with Crippen molar-refractivity contribution in [3.8, 4) is 11.8 Å². The van der Waals surface area contributed by atoms with Crippen LogP contribution in [-0.4, -0.2) is 5.97 Å². The van der Waals surface area contributed by atoms with Gasteiger partial charge >= 0.3 is 5.97 Å². The molecular formula is C12H13NO2. The van der Waals surface area contributed by atoms with E-state index in [1.54, 1.807) is 24.3 Å². The first kappa shape index (κ1) is 11.3. The molecule has 3 heteroatoms. The highest BCUT2D eigenvalue weighted by Crippen LogP contribution is 2.17. The first-order valence-electron chi connectivity index (χ1n) is 4.97. The summed E-state index contributed by atoms with van der Waals surface area (Å²) < 4.78 is 5.08. The van der Waals surface area contributed by atoms with E-state index in [9.17, 15) is 4.79 Å². The topological polar surface area (TPSA) is 50.1 Å². The quantitative estimate of drug-likeness (QED) is 0.558. The Morgan fingerprint density at radius 1 is 1.47 bits per heavy atom. The van der Waals surface area contributed by atoms with Crippen molar-refractivity contribution < 1.29 is 9.53 Å². The molecule has 1 aromatic carbocycles. The SMILES string of the molecule is CCCCC(=O)Oc1ccccc1C#N. The molecule has 1 rings (SSSR count). The van der Waals surface area contributed by atoms with E-state index in [-0.39, 0.29) is 5.97 Å². The zero-order valence-electron chi connectivity index (χ0n) is 8.69. The number of esters is 1. The predicted octanol–water partition coefficient (Wildman–Crippen LogP) is 2.65. The standard InChI is InChI=1S/C12H13NO2/c1-2-3-8-12(14)15-11-7-5-4-6-10(11)9-13/h4-7H,2-3,8H2,1H3. The lowest BCUT2D eigenvalue weighted by Gasteiger charge is -2.04. The zero-order chi connectivity index (χ0) is 11.1. The first-order chi connectivity index (χ1) is 7.27. The highest BCUT2D eigenvalue weighted by Gasteiger charge is 2.07. The number of ether oxygens (including phenoxy) is 1. The molecule has 0 bridgehead atoms. The van der Waals surface area contributed by atoms with Gasteiger partial charge in [0.15, 0.2) is 0 Å². The molecule has 0 radical (unpaired) electrons. The van der Waals surface area contributed by atoms with Crippen LogP contribution in [0.1, 0.15) is 31.7 Å². The maximum Gasteiger partial charge on any atom is 0.311 e. The molecule has 0 fully saturated rings. The maximum atomic E-state index is 11.3. The summed E-state index contributed by atoms with van der Waals surface area (Å²) in [7, 11) is 0. The van der Waals surface area contributed by atoms with Gasteiger partial charge in [0, 0.05) is 6.42 Å². The van der Waals surface area contributed by atoms with Gasteiger partial charge in [0.05, 0.1) is 5.56 Å². The average molecular weight is 203 g/mol. The Kier molecular flexibility index (Phi) is 4.36. The minimum Gasteiger partial charge on any atom is -0.425 e. The summed E-state index contributed by atoms with van der Waals surface area (Å²) in [5, 5.41) is 8.77. The van der Waals surface area contributed by atoms with Crippen LogP contribution in [0.5, 0.6) is 5.75 Å². The summed E-state index contributed by atoms with van der Waals surface area (Å²) in [5.74, 6) is 0.0700. The number of hydrogen-bond acceptors (Lipinski definition) is 3. The van der Waals surface area contributed by atoms with Crippen molar-refractivity contribution >= 4 is 5.97 Å². The molecule has 0 aliphatic rings. The van der Waals surface area contributed by atoms with Crippen LogP contribution in [0.3, 0.4) is 0 Å². The van der Waals surface area contributed by atoms with Gasteiger partial charge in [0.25, 0.3) is 0 Å². The molecule has 0 aromatic heterocycles. The third kappa shape index (κ3) is 3.43. The number of unbranched alkanes of at least 4 members (excludes halogenated alkanes) is 1. The van der Waals surface area contributed by atoms with Gasteiger partial charge in [-0.2, -0.15) is 5.26 Å². The first-order valence-corrected chi connectivity index (χ1v) is 4.97. The third-order valence-electron chi connectivity index (χ3n) is 1.97. The number of nitrogens with zero attached hydrogens (tertiary/aromatic N) is 1. The van der Waals surface area contributed by atoms with E-state index in [2.05, 4.69) is 0 Å². The molecule has 1 aromatic rings. The molecule has 0 saturated heterocycles. The Morgan fingerprint density at radius 2 is 2.20 bits per heavy atom. The summed E-state index contributed by atoms with van der Waals surface area (Å²) in [6.07, 6.45) is 2.17. The van der Waals surface area contributed by atoms with E-state index < -0.39 is 0 Å². The second-order valence-electron chi connectivity index (χ2n) is 3.19. The molecule has 15 heavy (non-hydrogen) atoms. The van der Waals surface area contributed by atoms with Gasteiger partial charge in [-0.25, -0.2) is 0 Å². The number of benzene rings is 1. The normalized spacial score (nSPS) is 9.33. The summed E-state index contributed by atoms with van der Waals surface area (Å²) >= 11 is 0. The molecule has 78 valence electrons. The van der Waals surface area contributed by atoms with Crippen LogP contribution in [0, 0.1) is 11.3 Å². The smallest absolute Gasteiger partial charge is 0.311 e. The van der Waals surface area contributed by atoms with Crippen molar-refractivity contribution in [2.45, 2.75) is 26.2 Å². The van der Waals surface area contributed by atoms with Gasteiger partial charge in [-0.15, -0.1) is 0 Å². The molecule has 0 saturated carbocycles. The van der Waals surface area contributed by atoms with Crippen LogP contribution < -0.4 is 4.74 Å². The molecule has 0 unspecified atom stereocenters. The van der Waals surface area contributed by atoms with Crippen molar-refractivity contribution in [1.82, 2.24) is 0 Å². The molecular weight excluding hydrogens is 190 g/mol. The van der Waals surface area contributed by atoms with Crippen molar-refractivity contribution in [2.24, 2.45) is 0 Å². The van der Waals surface area contributed by atoms with Crippen molar-refractivity contribution in [3.63, 3.8) is 0 Å². The number of nitriles is 1. The van der Waals surface area contributed by atoms with Crippen LogP contribution in [0.4, 0.5) is 0 Å². The van der Waals surface area contributed by atoms with Gasteiger partial charge in [-0.3, -0.25) is 4.79 Å². The second kappa shape index (κ2) is 5.82. The van der Waals surface area contributed by atoms with Gasteiger partial charge in [0.1, 0.15) is 11.8 Å². The van der Waals surface area contributed by atoms with E-state index in [0.29, 0.717) is 17.7 Å². The molecule has 3 nitrogen and oxygen atoms in total. The van der Waals surface area contributed by atoms with Crippen LogP contribution in [0.2, 0.25) is 0 Å². The average Bonchev–Trinajstić information content (AvgIpc) is 2.27. The summed E-state index contributed by atoms with van der Waals surface area (Å²) in [6, 6.07) is 8.71. The van der Waals surface area contributed by atoms with Crippen LogP contribution in [0.25, 0.3) is 0 Å². The monoisotopic (exact) mass is 203 g/mol. The van der Waals surface area contributed by atoms with Gasteiger partial charge < -0.3 is 4.74 Å². The Labute approximate surface area is 89.3 Å². The zero-order valence-corrected chi connectivity index (χ0v) is 8.69. The number of rotatable bonds is 4. The number of para-hydroxylation sites is 1. The lowest BCUT2D eigenvalue weighted by molar-refractivity contribution is -0.134. The molecule has 0 amide bonds. The molecule has 0 spiro atoms. The van der Waals surface area contributed by atoms with Crippen LogP contribution >= 0.6 is 0 Å². The Balaban J connectivity index is 2.64. The van der Waals surface area contributed by atoms with Gasteiger partial charge in [-0.05, 0) is 18.6 Å². The molecule has 0 aliphatic heterocycles. The summed E-state index contributed by atoms with van der Waals surface area (Å²) in [6.45, 7) is 2.01. The Bertz CT molecular complexity index is 379. The highest BCUT2D eigenvalue weighted by molar-refractivity contribution is 5.73. The fraction of sp³-hybridized carbons (Fsp3) is 0.333. The molecule has 0 aliphatic carbocycles. The van der Waals surface area contributed by atoms with Crippen LogP contribution in [0.15, 0.2) is 24.3 Å². The maximum absolute atomic E-state index is 11.3. The third-order valence-corrected chi connectivity index (χ3v) is 1.97. The summed E-state index contributed by atoms with van der Waals surface area (Å²) in [5.41, 5.74) is 0.391. The van der Waals surface area contributed by atoms with Crippen molar-refractivity contribution in [2.75, 3.05) is 0 Å². The van der Waals surface area contributed by atoms with E-state index in [1.807, 2.05) is 13.0 Å². The fourth-order valence-electron chi connectivity index (χ4n) is 1.14. The van der Waals surface area contributed by atoms with E-state index in [1.165, 1.54) is 0 Å². The van der Waals surface area contributed by atoms with Gasteiger partial charge in [-0.1, -0.05) is 25.5 Å². The fourth-order valence-corrected chi connectivity index (χ4v) is 1.14. The lowest BCUT2D eigenvalue weighted by Crippen LogP contribution is -2.08. The van der Waals surface area contributed by atoms with Crippen LogP contribution in [-0.2, 0) is 4.79 Å². The number of carbonyl (C=O) groups is 1. The van der Waals surface area contributed by atoms with E-state index in [0.717, 1.165) is 12.8 Å². The van der Waals surface area contributed by atoms with Crippen molar-refractivity contribution in [1.29, 1.82) is 5.26 Å². The van der Waals surface area contributed by atoms with Gasteiger partial charge in [0.2, 0.25) is 0 Å². The van der Waals surface area contributed by atoms with E-state index >= 15 is 0 Å². The largest absolute Gasteiger partial charge is 0.425 e. The molecule has 0 heterocycles. The summed E-state index contributed by atoms with van der Waals surface area (Å²) in [4.78, 5) is 11.3. The van der Waals surface area contributed by atoms with Crippen molar-refractivity contribution in [3.05, 3.63) is 29.8 Å². The number of hydrogen-bond donors (Lipinski definition) is 0. The Hall–Kier alpha value is -1.82. The highest BCUT2D eigenvalue weighted by atomic mass is 16.5. The lowest BCUT2D eigenvalue weighted by atomic mass is 10.2. The predicted molar refractivity (Wildman–Crippen MR) is 56.3 cm³/mol. The molecule has 0 N–H and O–H groups in total.